The summed E-state index contributed by atoms with van der Waals surface area (Å²) in [6.07, 6.45) is 18.9. The standard InChI is InChI=1S/C32H50F2N2O/c1-3-5-7-8-9-10-11-12-14-15-27-17-19-28(20-18-27)32-35-25-31(26-36-32)37-24-23-30(34)22-21-29(33)16-13-6-4-2/h17-20,25-26,29-30H,3-16,21-24H2,1-2H3. The molecule has 0 N–H and O–H groups in total. The van der Waals surface area contributed by atoms with Crippen molar-refractivity contribution in [2.75, 3.05) is 6.61 Å². The Morgan fingerprint density at radius 3 is 1.81 bits per heavy atom. The van der Waals surface area contributed by atoms with E-state index in [0.717, 1.165) is 31.2 Å². The number of hydrogen-bond acceptors (Lipinski definition) is 3. The molecule has 0 aliphatic rings. The molecule has 0 saturated carbocycles. The molecule has 0 spiro atoms. The SMILES string of the molecule is CCCCCCCCCCCc1ccc(-c2ncc(OCCC(F)CCC(F)CCCCC)cn2)cc1. The summed E-state index contributed by atoms with van der Waals surface area (Å²) in [6.45, 7) is 4.60. The van der Waals surface area contributed by atoms with Crippen LogP contribution in [0.4, 0.5) is 8.78 Å². The van der Waals surface area contributed by atoms with Gasteiger partial charge >= 0.3 is 0 Å². The van der Waals surface area contributed by atoms with Gasteiger partial charge in [-0.15, -0.1) is 0 Å². The minimum absolute atomic E-state index is 0.240. The second-order valence-corrected chi connectivity index (χ2v) is 10.4. The lowest BCUT2D eigenvalue weighted by atomic mass is 10.0. The first-order chi connectivity index (χ1) is 18.1. The van der Waals surface area contributed by atoms with Crippen LogP contribution in [0.3, 0.4) is 0 Å². The van der Waals surface area contributed by atoms with Crippen LogP contribution in [0.15, 0.2) is 36.7 Å². The summed E-state index contributed by atoms with van der Waals surface area (Å²) in [5.74, 6) is 1.18. The van der Waals surface area contributed by atoms with E-state index in [4.69, 9.17) is 4.74 Å². The van der Waals surface area contributed by atoms with Crippen molar-refractivity contribution in [2.45, 2.75) is 135 Å². The summed E-state index contributed by atoms with van der Waals surface area (Å²) in [5.41, 5.74) is 2.33. The molecule has 2 atom stereocenters. The van der Waals surface area contributed by atoms with Gasteiger partial charge in [-0.05, 0) is 37.7 Å². The van der Waals surface area contributed by atoms with Crippen molar-refractivity contribution in [1.82, 2.24) is 9.97 Å². The Kier molecular flexibility index (Phi) is 16.8. The average Bonchev–Trinajstić information content (AvgIpc) is 2.92. The van der Waals surface area contributed by atoms with Crippen LogP contribution in [0.5, 0.6) is 5.75 Å². The summed E-state index contributed by atoms with van der Waals surface area (Å²) >= 11 is 0. The summed E-state index contributed by atoms with van der Waals surface area (Å²) in [7, 11) is 0. The molecule has 0 aliphatic carbocycles. The molecule has 0 fully saturated rings. The van der Waals surface area contributed by atoms with Gasteiger partial charge in [0.05, 0.1) is 19.0 Å². The van der Waals surface area contributed by atoms with Gasteiger partial charge in [-0.1, -0.05) is 109 Å². The third-order valence-electron chi connectivity index (χ3n) is 7.02. The molecule has 0 amide bonds. The van der Waals surface area contributed by atoms with E-state index in [0.29, 0.717) is 24.4 Å². The highest BCUT2D eigenvalue weighted by atomic mass is 19.1. The number of unbranched alkanes of at least 4 members (excludes halogenated alkanes) is 10. The largest absolute Gasteiger partial charge is 0.490 e. The number of aromatic nitrogens is 2. The third-order valence-corrected chi connectivity index (χ3v) is 7.02. The maximum atomic E-state index is 14.1. The Hall–Kier alpha value is -2.04. The van der Waals surface area contributed by atoms with E-state index in [-0.39, 0.29) is 19.4 Å². The predicted octanol–water partition coefficient (Wildman–Crippen LogP) is 10.0. The molecule has 0 saturated heterocycles. The van der Waals surface area contributed by atoms with Crippen molar-refractivity contribution in [1.29, 1.82) is 0 Å². The number of rotatable bonds is 22. The zero-order chi connectivity index (χ0) is 26.6. The van der Waals surface area contributed by atoms with E-state index >= 15 is 0 Å². The molecule has 1 aromatic heterocycles. The van der Waals surface area contributed by atoms with E-state index in [1.807, 2.05) is 0 Å². The van der Waals surface area contributed by atoms with E-state index < -0.39 is 12.3 Å². The summed E-state index contributed by atoms with van der Waals surface area (Å²) in [4.78, 5) is 8.83. The molecule has 37 heavy (non-hydrogen) atoms. The van der Waals surface area contributed by atoms with E-state index in [2.05, 4.69) is 48.1 Å². The highest BCUT2D eigenvalue weighted by Gasteiger charge is 2.12. The number of aryl methyl sites for hydroxylation is 1. The van der Waals surface area contributed by atoms with Gasteiger partial charge in [-0.2, -0.15) is 0 Å². The lowest BCUT2D eigenvalue weighted by Gasteiger charge is -2.12. The molecule has 2 rings (SSSR count). The molecule has 3 nitrogen and oxygen atoms in total. The van der Waals surface area contributed by atoms with Gasteiger partial charge in [0.25, 0.3) is 0 Å². The number of nitrogens with zero attached hydrogens (tertiary/aromatic N) is 2. The number of halogens is 2. The molecule has 0 radical (unpaired) electrons. The summed E-state index contributed by atoms with van der Waals surface area (Å²) < 4.78 is 33.5. The Balaban J connectivity index is 1.60. The van der Waals surface area contributed by atoms with E-state index in [1.54, 1.807) is 12.4 Å². The van der Waals surface area contributed by atoms with Crippen LogP contribution in [0.1, 0.15) is 122 Å². The van der Waals surface area contributed by atoms with Crippen LogP contribution in [-0.2, 0) is 6.42 Å². The topological polar surface area (TPSA) is 35.0 Å². The van der Waals surface area contributed by atoms with Gasteiger partial charge in [0.2, 0.25) is 0 Å². The van der Waals surface area contributed by atoms with Crippen molar-refractivity contribution in [3.05, 3.63) is 42.2 Å². The molecule has 5 heteroatoms. The van der Waals surface area contributed by atoms with Crippen LogP contribution < -0.4 is 4.74 Å². The minimum atomic E-state index is -1.04. The van der Waals surface area contributed by atoms with E-state index in [1.165, 1.54) is 63.4 Å². The lowest BCUT2D eigenvalue weighted by Crippen LogP contribution is -2.11. The third kappa shape index (κ3) is 14.5. The van der Waals surface area contributed by atoms with Crippen LogP contribution in [0.2, 0.25) is 0 Å². The van der Waals surface area contributed by atoms with Crippen LogP contribution >= 0.6 is 0 Å². The van der Waals surface area contributed by atoms with Crippen LogP contribution in [0, 0.1) is 0 Å². The number of ether oxygens (including phenoxy) is 1. The molecule has 0 aliphatic heterocycles. The Morgan fingerprint density at radius 1 is 0.649 bits per heavy atom. The fourth-order valence-electron chi connectivity index (χ4n) is 4.57. The second-order valence-electron chi connectivity index (χ2n) is 10.4. The average molecular weight is 517 g/mol. The maximum absolute atomic E-state index is 14.1. The van der Waals surface area contributed by atoms with Gasteiger partial charge in [0, 0.05) is 12.0 Å². The normalized spacial score (nSPS) is 13.0. The summed E-state index contributed by atoms with van der Waals surface area (Å²) in [5, 5.41) is 0. The molecular weight excluding hydrogens is 466 g/mol. The molecule has 0 bridgehead atoms. The number of hydrogen-bond donors (Lipinski definition) is 0. The highest BCUT2D eigenvalue weighted by molar-refractivity contribution is 5.55. The molecule has 1 aromatic carbocycles. The second kappa shape index (κ2) is 20.0. The first-order valence-electron chi connectivity index (χ1n) is 14.9. The molecule has 1 heterocycles. The highest BCUT2D eigenvalue weighted by Crippen LogP contribution is 2.20. The van der Waals surface area contributed by atoms with Crippen LogP contribution in [-0.4, -0.2) is 28.9 Å². The molecular formula is C32H50F2N2O. The Labute approximate surface area is 224 Å². The number of alkyl halides is 2. The zero-order valence-corrected chi connectivity index (χ0v) is 23.4. The van der Waals surface area contributed by atoms with E-state index in [9.17, 15) is 8.78 Å². The maximum Gasteiger partial charge on any atom is 0.159 e. The monoisotopic (exact) mass is 516 g/mol. The van der Waals surface area contributed by atoms with Crippen molar-refractivity contribution in [3.8, 4) is 17.1 Å². The predicted molar refractivity (Wildman–Crippen MR) is 152 cm³/mol. The Morgan fingerprint density at radius 2 is 1.19 bits per heavy atom. The van der Waals surface area contributed by atoms with Gasteiger partial charge in [0.1, 0.15) is 12.3 Å². The molecule has 208 valence electrons. The number of benzene rings is 1. The lowest BCUT2D eigenvalue weighted by molar-refractivity contribution is 0.199. The van der Waals surface area contributed by atoms with Crippen molar-refractivity contribution < 1.29 is 13.5 Å². The molecule has 2 aromatic rings. The minimum Gasteiger partial charge on any atom is -0.490 e. The van der Waals surface area contributed by atoms with Gasteiger partial charge in [-0.25, -0.2) is 18.7 Å². The molecule has 2 unspecified atom stereocenters. The van der Waals surface area contributed by atoms with Crippen molar-refractivity contribution >= 4 is 0 Å². The van der Waals surface area contributed by atoms with Crippen molar-refractivity contribution in [2.24, 2.45) is 0 Å². The van der Waals surface area contributed by atoms with Gasteiger partial charge in [0.15, 0.2) is 11.6 Å². The Bertz CT molecular complexity index is 797. The fraction of sp³-hybridized carbons (Fsp3) is 0.688. The zero-order valence-electron chi connectivity index (χ0n) is 23.4. The fourth-order valence-corrected chi connectivity index (χ4v) is 4.57. The summed E-state index contributed by atoms with van der Waals surface area (Å²) in [6, 6.07) is 8.49. The van der Waals surface area contributed by atoms with Gasteiger partial charge in [-0.3, -0.25) is 0 Å². The first-order valence-corrected chi connectivity index (χ1v) is 14.9. The van der Waals surface area contributed by atoms with Crippen LogP contribution in [0.25, 0.3) is 11.4 Å². The first kappa shape index (κ1) is 31.2. The quantitative estimate of drug-likeness (QED) is 0.146. The van der Waals surface area contributed by atoms with Gasteiger partial charge < -0.3 is 4.74 Å². The van der Waals surface area contributed by atoms with Crippen molar-refractivity contribution in [3.63, 3.8) is 0 Å². The smallest absolute Gasteiger partial charge is 0.159 e.